The minimum Gasteiger partial charge on any atom is -0.457 e. The fourth-order valence-corrected chi connectivity index (χ4v) is 4.00. The van der Waals surface area contributed by atoms with Gasteiger partial charge in [-0.25, -0.2) is 0 Å². The number of anilines is 1. The molecule has 0 saturated heterocycles. The molecule has 2 heterocycles. The number of aromatic nitrogens is 3. The van der Waals surface area contributed by atoms with E-state index in [1.165, 1.54) is 11.6 Å². The summed E-state index contributed by atoms with van der Waals surface area (Å²) in [5, 5.41) is 15.5. The van der Waals surface area contributed by atoms with Crippen LogP contribution >= 0.6 is 23.8 Å². The number of fused-ring (bicyclic) bond motifs is 1. The molecule has 0 bridgehead atoms. The number of halogens is 1. The molecule has 184 valence electrons. The van der Waals surface area contributed by atoms with Gasteiger partial charge in [0.2, 0.25) is 5.91 Å². The van der Waals surface area contributed by atoms with Crippen LogP contribution in [-0.2, 0) is 4.79 Å². The second kappa shape index (κ2) is 10.4. The summed E-state index contributed by atoms with van der Waals surface area (Å²) in [7, 11) is 0. The first kappa shape index (κ1) is 24.4. The van der Waals surface area contributed by atoms with Crippen LogP contribution in [0.5, 0.6) is 0 Å². The number of furan rings is 1. The first-order valence-corrected chi connectivity index (χ1v) is 12.2. The van der Waals surface area contributed by atoms with Crippen LogP contribution in [0.4, 0.5) is 5.69 Å². The van der Waals surface area contributed by atoms with Crippen molar-refractivity contribution in [3.63, 3.8) is 0 Å². The van der Waals surface area contributed by atoms with Gasteiger partial charge in [0, 0.05) is 22.3 Å². The molecule has 2 aromatic heterocycles. The van der Waals surface area contributed by atoms with Gasteiger partial charge in [0.05, 0.1) is 5.69 Å². The summed E-state index contributed by atoms with van der Waals surface area (Å²) < 4.78 is 5.81. The van der Waals surface area contributed by atoms with Crippen molar-refractivity contribution in [1.29, 1.82) is 0 Å². The Labute approximate surface area is 223 Å². The molecular weight excluding hydrogens is 506 g/mol. The van der Waals surface area contributed by atoms with E-state index in [1.807, 2.05) is 80.6 Å². The fraction of sp³-hybridized carbons (Fsp3) is 0.0714. The first-order chi connectivity index (χ1) is 17.8. The number of carbonyl (C=O) groups is 1. The van der Waals surface area contributed by atoms with Gasteiger partial charge in [0.15, 0.2) is 5.11 Å². The van der Waals surface area contributed by atoms with Gasteiger partial charge in [-0.3, -0.25) is 10.1 Å². The average molecular weight is 528 g/mol. The second-order valence-electron chi connectivity index (χ2n) is 8.47. The van der Waals surface area contributed by atoms with Crippen LogP contribution in [0.25, 0.3) is 34.1 Å². The van der Waals surface area contributed by atoms with Crippen molar-refractivity contribution in [2.45, 2.75) is 13.8 Å². The molecule has 1 amide bonds. The number of hydrogen-bond acceptors (Lipinski definition) is 5. The molecule has 0 aliphatic heterocycles. The highest BCUT2D eigenvalue weighted by Crippen LogP contribution is 2.27. The third-order valence-electron chi connectivity index (χ3n) is 5.62. The van der Waals surface area contributed by atoms with Crippen molar-refractivity contribution < 1.29 is 9.21 Å². The van der Waals surface area contributed by atoms with Gasteiger partial charge in [0.1, 0.15) is 22.6 Å². The second-order valence-corrected chi connectivity index (χ2v) is 9.29. The van der Waals surface area contributed by atoms with Crippen LogP contribution in [-0.4, -0.2) is 26.0 Å². The molecule has 0 fully saturated rings. The monoisotopic (exact) mass is 527 g/mol. The van der Waals surface area contributed by atoms with E-state index in [2.05, 4.69) is 20.8 Å². The molecule has 0 aliphatic carbocycles. The lowest BCUT2D eigenvalue weighted by Crippen LogP contribution is -2.32. The molecule has 37 heavy (non-hydrogen) atoms. The molecule has 9 heteroatoms. The van der Waals surface area contributed by atoms with Gasteiger partial charge < -0.3 is 9.73 Å². The highest BCUT2D eigenvalue weighted by Gasteiger charge is 2.09. The Balaban J connectivity index is 1.20. The minimum atomic E-state index is -0.389. The van der Waals surface area contributed by atoms with Crippen LogP contribution < -0.4 is 10.6 Å². The number of amides is 1. The molecular formula is C28H22ClN5O2S. The molecule has 3 aromatic carbocycles. The van der Waals surface area contributed by atoms with E-state index < -0.39 is 0 Å². The predicted octanol–water partition coefficient (Wildman–Crippen LogP) is 6.48. The minimum absolute atomic E-state index is 0.161. The zero-order valence-corrected chi connectivity index (χ0v) is 21.6. The molecule has 0 spiro atoms. The van der Waals surface area contributed by atoms with Crippen molar-refractivity contribution in [3.05, 3.63) is 101 Å². The van der Waals surface area contributed by atoms with E-state index in [1.54, 1.807) is 16.9 Å². The third-order valence-corrected chi connectivity index (χ3v) is 6.23. The molecule has 2 N–H and O–H groups in total. The molecule has 7 nitrogen and oxygen atoms in total. The SMILES string of the molecule is Cc1ccc(-n2nc3ccc(NC(=S)NC(=O)/C=C/c4ccc(-c5ccc(C)c(Cl)c5)o4)cc3n2)cc1. The van der Waals surface area contributed by atoms with Crippen LogP contribution in [0.15, 0.2) is 83.3 Å². The summed E-state index contributed by atoms with van der Waals surface area (Å²) in [6, 6.07) is 22.8. The zero-order valence-electron chi connectivity index (χ0n) is 20.0. The summed E-state index contributed by atoms with van der Waals surface area (Å²) in [6.45, 7) is 3.97. The summed E-state index contributed by atoms with van der Waals surface area (Å²) >= 11 is 11.5. The van der Waals surface area contributed by atoms with Gasteiger partial charge >= 0.3 is 0 Å². The molecule has 0 saturated carbocycles. The topological polar surface area (TPSA) is 85.0 Å². The average Bonchev–Trinajstić information content (AvgIpc) is 3.52. The van der Waals surface area contributed by atoms with Crippen molar-refractivity contribution in [3.8, 4) is 17.0 Å². The van der Waals surface area contributed by atoms with E-state index >= 15 is 0 Å². The lowest BCUT2D eigenvalue weighted by Gasteiger charge is -2.07. The zero-order chi connectivity index (χ0) is 25.9. The third kappa shape index (κ3) is 5.77. The number of hydrogen-bond donors (Lipinski definition) is 2. The number of nitrogens with zero attached hydrogens (tertiary/aromatic N) is 3. The highest BCUT2D eigenvalue weighted by molar-refractivity contribution is 7.80. The van der Waals surface area contributed by atoms with Gasteiger partial charge in [-0.1, -0.05) is 41.4 Å². The Kier molecular flexibility index (Phi) is 6.85. The highest BCUT2D eigenvalue weighted by atomic mass is 35.5. The normalized spacial score (nSPS) is 11.2. The van der Waals surface area contributed by atoms with E-state index in [0.717, 1.165) is 22.3 Å². The van der Waals surface area contributed by atoms with Crippen LogP contribution in [0.1, 0.15) is 16.9 Å². The van der Waals surface area contributed by atoms with Crippen LogP contribution in [0, 0.1) is 13.8 Å². The molecule has 0 aliphatic rings. The van der Waals surface area contributed by atoms with Crippen LogP contribution in [0.3, 0.4) is 0 Å². The largest absolute Gasteiger partial charge is 0.457 e. The van der Waals surface area contributed by atoms with Gasteiger partial charge in [-0.15, -0.1) is 10.2 Å². The summed E-state index contributed by atoms with van der Waals surface area (Å²) in [4.78, 5) is 14.0. The number of carbonyl (C=O) groups excluding carboxylic acids is 1. The number of aryl methyl sites for hydroxylation is 2. The Hall–Kier alpha value is -4.27. The Morgan fingerprint density at radius 1 is 0.973 bits per heavy atom. The Morgan fingerprint density at radius 3 is 2.54 bits per heavy atom. The van der Waals surface area contributed by atoms with E-state index in [4.69, 9.17) is 28.2 Å². The molecule has 5 aromatic rings. The number of nitrogens with one attached hydrogen (secondary N) is 2. The standard InChI is InChI=1S/C28H22ClN5O2S/c1-17-3-8-21(9-4-17)34-32-24-12-7-20(16-25(24)33-34)30-28(37)31-27(35)14-11-22-10-13-26(36-22)19-6-5-18(2)23(29)15-19/h3-16H,1-2H3,(H2,30,31,35,37)/b14-11+. The number of rotatable bonds is 5. The fourth-order valence-electron chi connectivity index (χ4n) is 3.60. The quantitative estimate of drug-likeness (QED) is 0.201. The molecule has 0 radical (unpaired) electrons. The van der Waals surface area contributed by atoms with E-state index in [0.29, 0.717) is 27.7 Å². The molecule has 0 atom stereocenters. The lowest BCUT2D eigenvalue weighted by atomic mass is 10.1. The van der Waals surface area contributed by atoms with Gasteiger partial charge in [0.25, 0.3) is 0 Å². The summed E-state index contributed by atoms with van der Waals surface area (Å²) in [5.41, 5.74) is 6.02. The van der Waals surface area contributed by atoms with Crippen molar-refractivity contribution in [2.24, 2.45) is 0 Å². The molecule has 5 rings (SSSR count). The maximum Gasteiger partial charge on any atom is 0.250 e. The first-order valence-electron chi connectivity index (χ1n) is 11.4. The summed E-state index contributed by atoms with van der Waals surface area (Å²) in [5.74, 6) is 0.803. The van der Waals surface area contributed by atoms with Crippen molar-refractivity contribution in [1.82, 2.24) is 20.3 Å². The Bertz CT molecular complexity index is 1650. The van der Waals surface area contributed by atoms with Crippen molar-refractivity contribution >= 4 is 57.6 Å². The lowest BCUT2D eigenvalue weighted by molar-refractivity contribution is -0.115. The number of benzene rings is 3. The Morgan fingerprint density at radius 2 is 1.76 bits per heavy atom. The summed E-state index contributed by atoms with van der Waals surface area (Å²) in [6.07, 6.45) is 2.93. The van der Waals surface area contributed by atoms with E-state index in [-0.39, 0.29) is 11.0 Å². The van der Waals surface area contributed by atoms with Gasteiger partial charge in [-0.2, -0.15) is 4.80 Å². The smallest absolute Gasteiger partial charge is 0.250 e. The van der Waals surface area contributed by atoms with Crippen molar-refractivity contribution in [2.75, 3.05) is 5.32 Å². The molecule has 0 unspecified atom stereocenters. The van der Waals surface area contributed by atoms with E-state index in [9.17, 15) is 4.79 Å². The van der Waals surface area contributed by atoms with Gasteiger partial charge in [-0.05, 0) is 86.2 Å². The number of thiocarbonyl (C=S) groups is 1. The predicted molar refractivity (Wildman–Crippen MR) is 151 cm³/mol. The maximum absolute atomic E-state index is 12.4. The maximum atomic E-state index is 12.4. The van der Waals surface area contributed by atoms with Crippen LogP contribution in [0.2, 0.25) is 5.02 Å².